The van der Waals surface area contributed by atoms with Crippen molar-refractivity contribution in [2.24, 2.45) is 16.5 Å². The highest BCUT2D eigenvalue weighted by molar-refractivity contribution is 7.98. The lowest BCUT2D eigenvalue weighted by Gasteiger charge is -2.26. The maximum Gasteiger partial charge on any atom is 0.326 e. The van der Waals surface area contributed by atoms with Gasteiger partial charge in [-0.2, -0.15) is 11.8 Å². The number of hydrogen-bond donors (Lipinski definition) is 8. The molecule has 5 atom stereocenters. The molecule has 10 N–H and O–H groups in total. The Morgan fingerprint density at radius 1 is 1.12 bits per heavy atom. The van der Waals surface area contributed by atoms with E-state index in [4.69, 9.17) is 11.5 Å². The van der Waals surface area contributed by atoms with Crippen LogP contribution in [-0.4, -0.2) is 95.2 Å². The Labute approximate surface area is 203 Å². The van der Waals surface area contributed by atoms with E-state index in [-0.39, 0.29) is 30.9 Å². The quantitative estimate of drug-likeness (QED) is 0.0664. The second-order valence-electron chi connectivity index (χ2n) is 8.07. The first-order valence-electron chi connectivity index (χ1n) is 11.2. The van der Waals surface area contributed by atoms with E-state index in [0.29, 0.717) is 25.0 Å². The molecule has 1 aliphatic rings. The topological polar surface area (TPSA) is 221 Å². The van der Waals surface area contributed by atoms with E-state index in [9.17, 15) is 29.4 Å². The summed E-state index contributed by atoms with van der Waals surface area (Å²) in [6, 6.07) is -3.97. The summed E-state index contributed by atoms with van der Waals surface area (Å²) >= 11 is 1.50. The van der Waals surface area contributed by atoms with E-state index in [1.165, 1.54) is 18.7 Å². The van der Waals surface area contributed by atoms with Crippen LogP contribution < -0.4 is 32.7 Å². The number of nitrogens with one attached hydrogen (secondary N) is 4. The number of carbonyl (C=O) groups is 4. The standard InChI is InChI=1S/C20H37N7O6S/c1-11(28)15(18(31)26-14(19(32)33)6-4-9-24-20(21)22)27-17(30)13(7-10-34-2)25-16(29)12-5-3-8-23-12/h11-15,23,28H,3-10H2,1-2H3,(H,25,29)(H,26,31)(H,27,30)(H,32,33)(H4,21,22,24). The molecule has 0 aliphatic carbocycles. The van der Waals surface area contributed by atoms with Crippen molar-refractivity contribution in [3.05, 3.63) is 0 Å². The van der Waals surface area contributed by atoms with E-state index < -0.39 is 42.0 Å². The van der Waals surface area contributed by atoms with E-state index >= 15 is 0 Å². The summed E-state index contributed by atoms with van der Waals surface area (Å²) in [5.74, 6) is -2.61. The van der Waals surface area contributed by atoms with E-state index in [1.807, 2.05) is 6.26 Å². The molecule has 0 aromatic rings. The predicted molar refractivity (Wildman–Crippen MR) is 129 cm³/mol. The third-order valence-corrected chi connectivity index (χ3v) is 5.89. The molecule has 1 saturated heterocycles. The Kier molecular flexibility index (Phi) is 13.3. The SMILES string of the molecule is CSCCC(NC(=O)C1CCCN1)C(=O)NC(C(=O)NC(CCCN=C(N)N)C(=O)O)C(C)O. The smallest absolute Gasteiger partial charge is 0.326 e. The molecule has 0 aromatic carbocycles. The number of carboxylic acids is 1. The van der Waals surface area contributed by atoms with Crippen molar-refractivity contribution in [3.63, 3.8) is 0 Å². The predicted octanol–water partition coefficient (Wildman–Crippen LogP) is -2.54. The van der Waals surface area contributed by atoms with Crippen LogP contribution in [0.4, 0.5) is 0 Å². The molecule has 5 unspecified atom stereocenters. The molecule has 1 heterocycles. The number of carbonyl (C=O) groups excluding carboxylic acids is 3. The van der Waals surface area contributed by atoms with Gasteiger partial charge in [-0.1, -0.05) is 0 Å². The first-order chi connectivity index (χ1) is 16.1. The van der Waals surface area contributed by atoms with Crippen molar-refractivity contribution in [2.45, 2.75) is 69.3 Å². The monoisotopic (exact) mass is 503 g/mol. The molecule has 0 saturated carbocycles. The van der Waals surface area contributed by atoms with Crippen LogP contribution >= 0.6 is 11.8 Å². The first kappa shape index (κ1) is 29.5. The third kappa shape index (κ3) is 10.6. The average Bonchev–Trinajstić information content (AvgIpc) is 3.31. The van der Waals surface area contributed by atoms with Crippen LogP contribution in [0.25, 0.3) is 0 Å². The normalized spacial score (nSPS) is 18.7. The van der Waals surface area contributed by atoms with E-state index in [2.05, 4.69) is 26.3 Å². The summed E-state index contributed by atoms with van der Waals surface area (Å²) in [5.41, 5.74) is 10.5. The maximum absolute atomic E-state index is 12.9. The lowest BCUT2D eigenvalue weighted by molar-refractivity contribution is -0.143. The summed E-state index contributed by atoms with van der Waals surface area (Å²) in [5, 5.41) is 30.1. The molecule has 13 nitrogen and oxygen atoms in total. The minimum absolute atomic E-state index is 0.0408. The number of carboxylic acid groups (broad SMARTS) is 1. The molecule has 3 amide bonds. The number of rotatable bonds is 15. The Bertz CT molecular complexity index is 726. The van der Waals surface area contributed by atoms with Crippen LogP contribution in [0.15, 0.2) is 4.99 Å². The number of hydrogen-bond acceptors (Lipinski definition) is 8. The number of guanidine groups is 1. The largest absolute Gasteiger partial charge is 0.480 e. The highest BCUT2D eigenvalue weighted by Crippen LogP contribution is 2.08. The van der Waals surface area contributed by atoms with Crippen LogP contribution in [0, 0.1) is 0 Å². The summed E-state index contributed by atoms with van der Waals surface area (Å²) in [7, 11) is 0. The molecule has 0 aromatic heterocycles. The molecule has 1 aliphatic heterocycles. The molecule has 194 valence electrons. The Morgan fingerprint density at radius 3 is 2.35 bits per heavy atom. The summed E-state index contributed by atoms with van der Waals surface area (Å²) in [6.45, 7) is 2.21. The fourth-order valence-corrected chi connectivity index (χ4v) is 3.84. The van der Waals surface area contributed by atoms with Gasteiger partial charge in [-0.25, -0.2) is 4.79 Å². The zero-order valence-electron chi connectivity index (χ0n) is 19.6. The highest BCUT2D eigenvalue weighted by atomic mass is 32.2. The number of aliphatic hydroxyl groups excluding tert-OH is 1. The zero-order chi connectivity index (χ0) is 25.7. The minimum atomic E-state index is -1.41. The lowest BCUT2D eigenvalue weighted by atomic mass is 10.1. The number of nitrogens with two attached hydrogens (primary N) is 2. The maximum atomic E-state index is 12.9. The van der Waals surface area contributed by atoms with Crippen LogP contribution in [0.1, 0.15) is 39.0 Å². The van der Waals surface area contributed by atoms with E-state index in [0.717, 1.165) is 13.0 Å². The minimum Gasteiger partial charge on any atom is -0.480 e. The van der Waals surface area contributed by atoms with Crippen molar-refractivity contribution in [1.82, 2.24) is 21.3 Å². The van der Waals surface area contributed by atoms with Gasteiger partial charge in [0, 0.05) is 6.54 Å². The number of thioether (sulfide) groups is 1. The Morgan fingerprint density at radius 2 is 1.82 bits per heavy atom. The van der Waals surface area contributed by atoms with Crippen molar-refractivity contribution in [1.29, 1.82) is 0 Å². The highest BCUT2D eigenvalue weighted by Gasteiger charge is 2.33. The zero-order valence-corrected chi connectivity index (χ0v) is 20.4. The van der Waals surface area contributed by atoms with Gasteiger partial charge in [-0.05, 0) is 57.6 Å². The number of aliphatic carboxylic acids is 1. The number of aliphatic imine (C=N–C) groups is 1. The molecule has 0 bridgehead atoms. The molecule has 1 rings (SSSR count). The second-order valence-corrected chi connectivity index (χ2v) is 9.05. The van der Waals surface area contributed by atoms with Crippen molar-refractivity contribution in [2.75, 3.05) is 25.1 Å². The Hall–Kier alpha value is -2.58. The van der Waals surface area contributed by atoms with Crippen molar-refractivity contribution >= 4 is 41.4 Å². The average molecular weight is 504 g/mol. The Balaban J connectivity index is 2.81. The fourth-order valence-electron chi connectivity index (χ4n) is 3.37. The number of amides is 3. The van der Waals surface area contributed by atoms with Gasteiger partial charge >= 0.3 is 5.97 Å². The van der Waals surface area contributed by atoms with Crippen LogP contribution in [0.2, 0.25) is 0 Å². The van der Waals surface area contributed by atoms with Crippen LogP contribution in [0.5, 0.6) is 0 Å². The van der Waals surface area contributed by atoms with Gasteiger partial charge < -0.3 is 42.9 Å². The fraction of sp³-hybridized carbons (Fsp3) is 0.750. The summed E-state index contributed by atoms with van der Waals surface area (Å²) in [4.78, 5) is 53.4. The third-order valence-electron chi connectivity index (χ3n) is 5.24. The molecule has 0 radical (unpaired) electrons. The lowest BCUT2D eigenvalue weighted by Crippen LogP contribution is -2.59. The van der Waals surface area contributed by atoms with Gasteiger partial charge in [0.05, 0.1) is 12.1 Å². The van der Waals surface area contributed by atoms with Gasteiger partial charge in [-0.15, -0.1) is 0 Å². The second kappa shape index (κ2) is 15.3. The molecular formula is C20H37N7O6S. The van der Waals surface area contributed by atoms with Gasteiger partial charge in [0.1, 0.15) is 18.1 Å². The van der Waals surface area contributed by atoms with Crippen molar-refractivity contribution < 1.29 is 29.4 Å². The van der Waals surface area contributed by atoms with Gasteiger partial charge in [0.15, 0.2) is 5.96 Å². The molecule has 14 heteroatoms. The molecule has 0 spiro atoms. The van der Waals surface area contributed by atoms with Crippen LogP contribution in [-0.2, 0) is 19.2 Å². The molecule has 34 heavy (non-hydrogen) atoms. The first-order valence-corrected chi connectivity index (χ1v) is 12.6. The van der Waals surface area contributed by atoms with Crippen LogP contribution in [0.3, 0.4) is 0 Å². The number of nitrogens with zero attached hydrogens (tertiary/aromatic N) is 1. The molecule has 1 fully saturated rings. The van der Waals surface area contributed by atoms with Gasteiger partial charge in [-0.3, -0.25) is 19.4 Å². The number of aliphatic hydroxyl groups is 1. The van der Waals surface area contributed by atoms with Gasteiger partial charge in [0.25, 0.3) is 0 Å². The van der Waals surface area contributed by atoms with Gasteiger partial charge in [0.2, 0.25) is 17.7 Å². The van der Waals surface area contributed by atoms with E-state index in [1.54, 1.807) is 0 Å². The van der Waals surface area contributed by atoms with Crippen molar-refractivity contribution in [3.8, 4) is 0 Å². The summed E-state index contributed by atoms with van der Waals surface area (Å²) in [6.07, 6.45) is 2.73. The molecular weight excluding hydrogens is 466 g/mol. The summed E-state index contributed by atoms with van der Waals surface area (Å²) < 4.78 is 0.